The van der Waals surface area contributed by atoms with Crippen molar-refractivity contribution in [3.05, 3.63) is 29.6 Å². The van der Waals surface area contributed by atoms with Gasteiger partial charge in [0.05, 0.1) is 6.61 Å². The van der Waals surface area contributed by atoms with Gasteiger partial charge in [-0.15, -0.1) is 11.8 Å². The highest BCUT2D eigenvalue weighted by Crippen LogP contribution is 2.26. The minimum Gasteiger partial charge on any atom is -0.392 e. The third-order valence-corrected chi connectivity index (χ3v) is 3.20. The van der Waals surface area contributed by atoms with Gasteiger partial charge in [0.1, 0.15) is 5.82 Å². The van der Waals surface area contributed by atoms with Crippen LogP contribution < -0.4 is 0 Å². The number of benzene rings is 1. The van der Waals surface area contributed by atoms with Gasteiger partial charge >= 0.3 is 0 Å². The van der Waals surface area contributed by atoms with Crippen LogP contribution in [0.25, 0.3) is 0 Å². The van der Waals surface area contributed by atoms with Gasteiger partial charge < -0.3 is 5.11 Å². The van der Waals surface area contributed by atoms with Crippen molar-refractivity contribution in [1.29, 1.82) is 0 Å². The maximum atomic E-state index is 13.3. The molecule has 1 N–H and O–H groups in total. The third kappa shape index (κ3) is 3.00. The standard InChI is InChI=1S/C11H15FOS/c1-2-3-7-14-11-9(8-13)5-4-6-10(11)12/h4-6,13H,2-3,7-8H2,1H3. The van der Waals surface area contributed by atoms with Gasteiger partial charge in [-0.2, -0.15) is 0 Å². The maximum Gasteiger partial charge on any atom is 0.137 e. The molecule has 78 valence electrons. The van der Waals surface area contributed by atoms with Crippen LogP contribution in [0.5, 0.6) is 0 Å². The van der Waals surface area contributed by atoms with Gasteiger partial charge in [-0.1, -0.05) is 25.5 Å². The van der Waals surface area contributed by atoms with Crippen LogP contribution in [0.4, 0.5) is 4.39 Å². The molecular weight excluding hydrogens is 199 g/mol. The number of halogens is 1. The van der Waals surface area contributed by atoms with E-state index in [1.54, 1.807) is 12.1 Å². The van der Waals surface area contributed by atoms with E-state index in [2.05, 4.69) is 6.92 Å². The summed E-state index contributed by atoms with van der Waals surface area (Å²) in [5.41, 5.74) is 0.686. The summed E-state index contributed by atoms with van der Waals surface area (Å²) in [5, 5.41) is 9.02. The Morgan fingerprint density at radius 3 is 2.86 bits per heavy atom. The summed E-state index contributed by atoms with van der Waals surface area (Å²) >= 11 is 1.49. The van der Waals surface area contributed by atoms with E-state index in [4.69, 9.17) is 5.11 Å². The summed E-state index contributed by atoms with van der Waals surface area (Å²) in [6, 6.07) is 4.83. The Balaban J connectivity index is 2.72. The van der Waals surface area contributed by atoms with Crippen molar-refractivity contribution in [3.8, 4) is 0 Å². The highest BCUT2D eigenvalue weighted by molar-refractivity contribution is 7.99. The average molecular weight is 214 g/mol. The molecule has 0 fully saturated rings. The van der Waals surface area contributed by atoms with Crippen LogP contribution in [-0.4, -0.2) is 10.9 Å². The number of aliphatic hydroxyl groups excluding tert-OH is 1. The van der Waals surface area contributed by atoms with Gasteiger partial charge in [0.15, 0.2) is 0 Å². The first-order chi connectivity index (χ1) is 6.79. The molecule has 0 atom stereocenters. The maximum absolute atomic E-state index is 13.3. The third-order valence-electron chi connectivity index (χ3n) is 1.96. The Morgan fingerprint density at radius 2 is 2.21 bits per heavy atom. The van der Waals surface area contributed by atoms with Crippen molar-refractivity contribution in [2.45, 2.75) is 31.3 Å². The van der Waals surface area contributed by atoms with Gasteiger partial charge in [0, 0.05) is 4.90 Å². The van der Waals surface area contributed by atoms with E-state index < -0.39 is 0 Å². The Morgan fingerprint density at radius 1 is 1.43 bits per heavy atom. The van der Waals surface area contributed by atoms with E-state index >= 15 is 0 Å². The van der Waals surface area contributed by atoms with E-state index in [0.29, 0.717) is 10.5 Å². The second kappa shape index (κ2) is 6.04. The van der Waals surface area contributed by atoms with Gasteiger partial charge in [-0.3, -0.25) is 0 Å². The summed E-state index contributed by atoms with van der Waals surface area (Å²) in [6.45, 7) is 2.01. The van der Waals surface area contributed by atoms with Crippen LogP contribution in [0.3, 0.4) is 0 Å². The predicted molar refractivity (Wildman–Crippen MR) is 58.0 cm³/mol. The molecule has 0 aliphatic rings. The highest BCUT2D eigenvalue weighted by atomic mass is 32.2. The van der Waals surface area contributed by atoms with Crippen molar-refractivity contribution < 1.29 is 9.50 Å². The molecule has 0 aliphatic heterocycles. The SMILES string of the molecule is CCCCSc1c(F)cccc1CO. The average Bonchev–Trinajstić information content (AvgIpc) is 2.20. The largest absolute Gasteiger partial charge is 0.392 e. The Kier molecular flexibility index (Phi) is 4.98. The number of aliphatic hydroxyl groups is 1. The first-order valence-corrected chi connectivity index (χ1v) is 5.79. The molecule has 0 aromatic heterocycles. The van der Waals surface area contributed by atoms with Crippen molar-refractivity contribution in [2.24, 2.45) is 0 Å². The Hall–Kier alpha value is -0.540. The van der Waals surface area contributed by atoms with Crippen LogP contribution in [-0.2, 0) is 6.61 Å². The zero-order valence-corrected chi connectivity index (χ0v) is 9.11. The molecule has 0 amide bonds. The molecule has 3 heteroatoms. The van der Waals surface area contributed by atoms with Gasteiger partial charge in [0.2, 0.25) is 0 Å². The second-order valence-corrected chi connectivity index (χ2v) is 4.19. The van der Waals surface area contributed by atoms with E-state index in [-0.39, 0.29) is 12.4 Å². The lowest BCUT2D eigenvalue weighted by molar-refractivity contribution is 0.277. The lowest BCUT2D eigenvalue weighted by Crippen LogP contribution is -1.92. The Bertz CT molecular complexity index is 289. The monoisotopic (exact) mass is 214 g/mol. The molecule has 0 saturated heterocycles. The molecule has 1 nitrogen and oxygen atoms in total. The molecule has 0 aliphatic carbocycles. The van der Waals surface area contributed by atoms with Gasteiger partial charge in [0.25, 0.3) is 0 Å². The van der Waals surface area contributed by atoms with E-state index in [9.17, 15) is 4.39 Å². The highest BCUT2D eigenvalue weighted by Gasteiger charge is 2.07. The number of thioether (sulfide) groups is 1. The second-order valence-electron chi connectivity index (χ2n) is 3.09. The zero-order chi connectivity index (χ0) is 10.4. The van der Waals surface area contributed by atoms with Crippen molar-refractivity contribution in [1.82, 2.24) is 0 Å². The van der Waals surface area contributed by atoms with E-state index in [0.717, 1.165) is 18.6 Å². The van der Waals surface area contributed by atoms with E-state index in [1.807, 2.05) is 0 Å². The summed E-state index contributed by atoms with van der Waals surface area (Å²) in [6.07, 6.45) is 2.18. The van der Waals surface area contributed by atoms with Crippen LogP contribution >= 0.6 is 11.8 Å². The lowest BCUT2D eigenvalue weighted by Gasteiger charge is -2.07. The molecule has 0 saturated carbocycles. The topological polar surface area (TPSA) is 20.2 Å². The summed E-state index contributed by atoms with van der Waals surface area (Å²) < 4.78 is 13.3. The van der Waals surface area contributed by atoms with Crippen LogP contribution in [0.15, 0.2) is 23.1 Å². The molecule has 0 spiro atoms. The summed E-state index contributed by atoms with van der Waals surface area (Å²) in [7, 11) is 0. The Labute approximate surface area is 88.3 Å². The smallest absolute Gasteiger partial charge is 0.137 e. The minimum atomic E-state index is -0.224. The molecule has 1 aromatic carbocycles. The molecule has 0 heterocycles. The molecule has 0 unspecified atom stereocenters. The normalized spacial score (nSPS) is 10.5. The number of hydrogen-bond donors (Lipinski definition) is 1. The van der Waals surface area contributed by atoms with Crippen LogP contribution in [0.2, 0.25) is 0 Å². The fourth-order valence-corrected chi connectivity index (χ4v) is 2.32. The van der Waals surface area contributed by atoms with Crippen molar-refractivity contribution in [2.75, 3.05) is 5.75 Å². The van der Waals surface area contributed by atoms with E-state index in [1.165, 1.54) is 17.8 Å². The van der Waals surface area contributed by atoms with Gasteiger partial charge in [-0.05, 0) is 23.8 Å². The minimum absolute atomic E-state index is 0.0911. The first-order valence-electron chi connectivity index (χ1n) is 4.80. The fourth-order valence-electron chi connectivity index (χ4n) is 1.16. The lowest BCUT2D eigenvalue weighted by atomic mass is 10.2. The molecule has 0 radical (unpaired) electrons. The number of unbranched alkanes of at least 4 members (excludes halogenated alkanes) is 1. The summed E-state index contributed by atoms with van der Waals surface area (Å²) in [5.74, 6) is 0.683. The van der Waals surface area contributed by atoms with Crippen molar-refractivity contribution >= 4 is 11.8 Å². The molecule has 1 rings (SSSR count). The molecule has 1 aromatic rings. The fraction of sp³-hybridized carbons (Fsp3) is 0.455. The van der Waals surface area contributed by atoms with Crippen LogP contribution in [0, 0.1) is 5.82 Å². The molecular formula is C11H15FOS. The number of hydrogen-bond acceptors (Lipinski definition) is 2. The van der Waals surface area contributed by atoms with Crippen LogP contribution in [0.1, 0.15) is 25.3 Å². The molecule has 0 bridgehead atoms. The van der Waals surface area contributed by atoms with Crippen molar-refractivity contribution in [3.63, 3.8) is 0 Å². The first kappa shape index (κ1) is 11.5. The molecule has 14 heavy (non-hydrogen) atoms. The quantitative estimate of drug-likeness (QED) is 0.600. The summed E-state index contributed by atoms with van der Waals surface area (Å²) in [4.78, 5) is 0.600. The predicted octanol–water partition coefficient (Wildman–Crippen LogP) is 3.21. The number of rotatable bonds is 5. The zero-order valence-electron chi connectivity index (χ0n) is 8.29. The van der Waals surface area contributed by atoms with Gasteiger partial charge in [-0.25, -0.2) is 4.39 Å².